The first-order valence-corrected chi connectivity index (χ1v) is 7.51. The van der Waals surface area contributed by atoms with Crippen LogP contribution in [0.3, 0.4) is 0 Å². The maximum absolute atomic E-state index is 12.0. The summed E-state index contributed by atoms with van der Waals surface area (Å²) in [4.78, 5) is 23.8. The molecule has 0 saturated heterocycles. The molecular weight excluding hydrogens is 260 g/mol. The predicted octanol–water partition coefficient (Wildman–Crippen LogP) is 2.29. The summed E-state index contributed by atoms with van der Waals surface area (Å²) in [6.45, 7) is 3.79. The molecule has 0 aromatic heterocycles. The van der Waals surface area contributed by atoms with Crippen LogP contribution in [0.4, 0.5) is 5.69 Å². The molecule has 0 bridgehead atoms. The quantitative estimate of drug-likeness (QED) is 0.870. The number of amides is 2. The molecule has 19 heavy (non-hydrogen) atoms. The van der Waals surface area contributed by atoms with Crippen molar-refractivity contribution in [2.75, 3.05) is 24.4 Å². The molecule has 1 rings (SSSR count). The number of anilines is 1. The second-order valence-corrected chi connectivity index (χ2v) is 5.38. The third-order valence-corrected chi connectivity index (χ3v) is 3.60. The highest BCUT2D eigenvalue weighted by molar-refractivity contribution is 7.98. The molecule has 1 aromatic carbocycles. The van der Waals surface area contributed by atoms with Crippen molar-refractivity contribution in [3.63, 3.8) is 0 Å². The summed E-state index contributed by atoms with van der Waals surface area (Å²) in [5.41, 5.74) is 2.03. The molecule has 1 atom stereocenters. The van der Waals surface area contributed by atoms with Gasteiger partial charge in [-0.15, -0.1) is 0 Å². The van der Waals surface area contributed by atoms with Crippen molar-refractivity contribution in [3.8, 4) is 0 Å². The number of aryl methyl sites for hydroxylation is 1. The zero-order chi connectivity index (χ0) is 14.4. The summed E-state index contributed by atoms with van der Waals surface area (Å²) < 4.78 is 0. The summed E-state index contributed by atoms with van der Waals surface area (Å²) in [7, 11) is 1.58. The van der Waals surface area contributed by atoms with E-state index in [1.54, 1.807) is 30.9 Å². The van der Waals surface area contributed by atoms with Crippen molar-refractivity contribution in [3.05, 3.63) is 29.3 Å². The zero-order valence-corrected chi connectivity index (χ0v) is 12.6. The molecule has 0 aliphatic carbocycles. The van der Waals surface area contributed by atoms with Crippen LogP contribution in [-0.2, 0) is 4.79 Å². The highest BCUT2D eigenvalue weighted by atomic mass is 32.2. The lowest BCUT2D eigenvalue weighted by atomic mass is 10.1. The van der Waals surface area contributed by atoms with Crippen LogP contribution in [0.2, 0.25) is 0 Å². The van der Waals surface area contributed by atoms with Crippen LogP contribution >= 0.6 is 11.8 Å². The van der Waals surface area contributed by atoms with E-state index in [0.717, 1.165) is 11.3 Å². The summed E-state index contributed by atoms with van der Waals surface area (Å²) >= 11 is 1.63. The van der Waals surface area contributed by atoms with Crippen molar-refractivity contribution < 1.29 is 9.59 Å². The number of benzene rings is 1. The Bertz CT molecular complexity index is 475. The van der Waals surface area contributed by atoms with Gasteiger partial charge in [-0.3, -0.25) is 9.59 Å². The molecule has 104 valence electrons. The maximum atomic E-state index is 12.0. The Labute approximate surface area is 118 Å². The van der Waals surface area contributed by atoms with E-state index < -0.39 is 0 Å². The molecule has 2 N–H and O–H groups in total. The molecule has 0 unspecified atom stereocenters. The zero-order valence-electron chi connectivity index (χ0n) is 11.7. The van der Waals surface area contributed by atoms with Gasteiger partial charge in [-0.25, -0.2) is 0 Å². The van der Waals surface area contributed by atoms with Crippen molar-refractivity contribution in [2.24, 2.45) is 5.92 Å². The van der Waals surface area contributed by atoms with Crippen molar-refractivity contribution >= 4 is 29.3 Å². The molecule has 1 aromatic rings. The Hall–Kier alpha value is -1.49. The van der Waals surface area contributed by atoms with E-state index in [-0.39, 0.29) is 17.7 Å². The van der Waals surface area contributed by atoms with Crippen molar-refractivity contribution in [2.45, 2.75) is 13.8 Å². The van der Waals surface area contributed by atoms with Gasteiger partial charge < -0.3 is 10.6 Å². The lowest BCUT2D eigenvalue weighted by Crippen LogP contribution is -2.25. The molecule has 0 heterocycles. The van der Waals surface area contributed by atoms with E-state index in [9.17, 15) is 9.59 Å². The highest BCUT2D eigenvalue weighted by Gasteiger charge is 2.16. The van der Waals surface area contributed by atoms with Gasteiger partial charge in [0.2, 0.25) is 5.91 Å². The fourth-order valence-electron chi connectivity index (χ4n) is 1.67. The number of nitrogens with one attached hydrogen (secondary N) is 2. The second kappa shape index (κ2) is 7.19. The van der Waals surface area contributed by atoms with E-state index in [4.69, 9.17) is 0 Å². The van der Waals surface area contributed by atoms with Gasteiger partial charge in [0.1, 0.15) is 0 Å². The first-order valence-electron chi connectivity index (χ1n) is 6.12. The molecule has 0 spiro atoms. The van der Waals surface area contributed by atoms with Crippen LogP contribution in [0, 0.1) is 12.8 Å². The second-order valence-electron chi connectivity index (χ2n) is 4.47. The topological polar surface area (TPSA) is 58.2 Å². The molecule has 2 amide bonds. The fourth-order valence-corrected chi connectivity index (χ4v) is 2.32. The highest BCUT2D eigenvalue weighted by Crippen LogP contribution is 2.19. The normalized spacial score (nSPS) is 11.8. The summed E-state index contributed by atoms with van der Waals surface area (Å²) in [5.74, 6) is 0.404. The van der Waals surface area contributed by atoms with Gasteiger partial charge >= 0.3 is 0 Å². The number of hydrogen-bond donors (Lipinski definition) is 2. The lowest BCUT2D eigenvalue weighted by molar-refractivity contribution is -0.118. The van der Waals surface area contributed by atoms with Crippen molar-refractivity contribution in [1.29, 1.82) is 0 Å². The Balaban J connectivity index is 2.94. The molecule has 4 nitrogen and oxygen atoms in total. The SMILES string of the molecule is CNC(=O)c1cc(C)ccc1NC(=O)[C@@H](C)CSC. The number of carbonyl (C=O) groups is 2. The van der Waals surface area contributed by atoms with Gasteiger partial charge in [0.05, 0.1) is 11.3 Å². The Morgan fingerprint density at radius 3 is 2.63 bits per heavy atom. The van der Waals surface area contributed by atoms with Crippen molar-refractivity contribution in [1.82, 2.24) is 5.32 Å². The minimum Gasteiger partial charge on any atom is -0.355 e. The van der Waals surface area contributed by atoms with Gasteiger partial charge in [-0.1, -0.05) is 18.6 Å². The molecule has 0 radical (unpaired) electrons. The minimum absolute atomic E-state index is 0.0663. The average Bonchev–Trinajstić information content (AvgIpc) is 2.40. The monoisotopic (exact) mass is 280 g/mol. The Morgan fingerprint density at radius 1 is 1.37 bits per heavy atom. The van der Waals surface area contributed by atoms with E-state index in [0.29, 0.717) is 11.3 Å². The van der Waals surface area contributed by atoms with Gasteiger partial charge in [-0.05, 0) is 25.3 Å². The number of hydrogen-bond acceptors (Lipinski definition) is 3. The number of carbonyl (C=O) groups excluding carboxylic acids is 2. The van der Waals surface area contributed by atoms with Crippen LogP contribution in [0.25, 0.3) is 0 Å². The number of thioether (sulfide) groups is 1. The molecule has 0 saturated carbocycles. The molecule has 0 aliphatic heterocycles. The van der Waals surface area contributed by atoms with Crippen LogP contribution in [-0.4, -0.2) is 30.9 Å². The smallest absolute Gasteiger partial charge is 0.253 e. The van der Waals surface area contributed by atoms with Gasteiger partial charge in [0, 0.05) is 18.7 Å². The lowest BCUT2D eigenvalue weighted by Gasteiger charge is -2.14. The number of rotatable bonds is 5. The third kappa shape index (κ3) is 4.28. The van der Waals surface area contributed by atoms with Gasteiger partial charge in [-0.2, -0.15) is 11.8 Å². The minimum atomic E-state index is -0.198. The standard InChI is InChI=1S/C14H20N2O2S/c1-9-5-6-12(11(7-9)14(18)15-3)16-13(17)10(2)8-19-4/h5-7,10H,8H2,1-4H3,(H,15,18)(H,16,17)/t10-/m0/s1. The van der Waals surface area contributed by atoms with Crippen LogP contribution in [0.1, 0.15) is 22.8 Å². The first kappa shape index (κ1) is 15.6. The molecular formula is C14H20N2O2S. The Morgan fingerprint density at radius 2 is 2.05 bits per heavy atom. The van der Waals surface area contributed by atoms with Crippen LogP contribution in [0.5, 0.6) is 0 Å². The van der Waals surface area contributed by atoms with E-state index in [1.165, 1.54) is 0 Å². The fraction of sp³-hybridized carbons (Fsp3) is 0.429. The van der Waals surface area contributed by atoms with Crippen LogP contribution < -0.4 is 10.6 Å². The maximum Gasteiger partial charge on any atom is 0.253 e. The Kier molecular flexibility index (Phi) is 5.89. The van der Waals surface area contributed by atoms with Gasteiger partial charge in [0.25, 0.3) is 5.91 Å². The first-order chi connectivity index (χ1) is 8.99. The van der Waals surface area contributed by atoms with E-state index >= 15 is 0 Å². The summed E-state index contributed by atoms with van der Waals surface area (Å²) in [6.07, 6.45) is 1.96. The van der Waals surface area contributed by atoms with E-state index in [1.807, 2.05) is 26.2 Å². The molecule has 5 heteroatoms. The summed E-state index contributed by atoms with van der Waals surface area (Å²) in [5, 5.41) is 5.41. The molecule has 0 fully saturated rings. The average molecular weight is 280 g/mol. The third-order valence-electron chi connectivity index (χ3n) is 2.77. The van der Waals surface area contributed by atoms with Gasteiger partial charge in [0.15, 0.2) is 0 Å². The summed E-state index contributed by atoms with van der Waals surface area (Å²) in [6, 6.07) is 5.42. The predicted molar refractivity (Wildman–Crippen MR) is 80.7 cm³/mol. The largest absolute Gasteiger partial charge is 0.355 e. The van der Waals surface area contributed by atoms with Crippen LogP contribution in [0.15, 0.2) is 18.2 Å². The van der Waals surface area contributed by atoms with E-state index in [2.05, 4.69) is 10.6 Å². The molecule has 0 aliphatic rings.